The van der Waals surface area contributed by atoms with E-state index in [9.17, 15) is 5.26 Å². The van der Waals surface area contributed by atoms with Gasteiger partial charge in [0, 0.05) is 30.8 Å². The first-order valence-electron chi connectivity index (χ1n) is 8.22. The summed E-state index contributed by atoms with van der Waals surface area (Å²) in [7, 11) is 0. The Labute approximate surface area is 147 Å². The van der Waals surface area contributed by atoms with Gasteiger partial charge in [0.25, 0.3) is 0 Å². The number of rotatable bonds is 4. The van der Waals surface area contributed by atoms with E-state index in [0.29, 0.717) is 25.4 Å². The third-order valence-corrected chi connectivity index (χ3v) is 5.30. The highest BCUT2D eigenvalue weighted by Gasteiger charge is 2.33. The molecule has 0 amide bonds. The summed E-state index contributed by atoms with van der Waals surface area (Å²) in [6.45, 7) is 11.5. The van der Waals surface area contributed by atoms with E-state index in [4.69, 9.17) is 14.5 Å². The summed E-state index contributed by atoms with van der Waals surface area (Å²) in [5.74, 6) is 1.69. The highest BCUT2D eigenvalue weighted by Crippen LogP contribution is 2.38. The second-order valence-electron chi connectivity index (χ2n) is 6.61. The first-order valence-corrected chi connectivity index (χ1v) is 9.20. The largest absolute Gasteiger partial charge is 0.378 e. The van der Waals surface area contributed by atoms with Crippen LogP contribution in [0.5, 0.6) is 0 Å². The Morgan fingerprint density at radius 2 is 2.12 bits per heavy atom. The highest BCUT2D eigenvalue weighted by molar-refractivity contribution is 7.99. The molecule has 2 aliphatic heterocycles. The van der Waals surface area contributed by atoms with Gasteiger partial charge in [-0.05, 0) is 19.4 Å². The molecule has 0 radical (unpaired) electrons. The van der Waals surface area contributed by atoms with E-state index in [-0.39, 0.29) is 5.60 Å². The van der Waals surface area contributed by atoms with Crippen LogP contribution in [0.2, 0.25) is 0 Å². The van der Waals surface area contributed by atoms with Crippen molar-refractivity contribution in [3.8, 4) is 6.07 Å². The molecule has 5 nitrogen and oxygen atoms in total. The van der Waals surface area contributed by atoms with Gasteiger partial charge >= 0.3 is 0 Å². The Bertz CT molecular complexity index is 676. The molecule has 0 bridgehead atoms. The number of pyridine rings is 1. The van der Waals surface area contributed by atoms with Gasteiger partial charge in [0.15, 0.2) is 0 Å². The predicted molar refractivity (Wildman–Crippen MR) is 95.5 cm³/mol. The van der Waals surface area contributed by atoms with Crippen LogP contribution in [0.4, 0.5) is 5.82 Å². The van der Waals surface area contributed by atoms with Crippen LogP contribution < -0.4 is 4.90 Å². The third-order valence-electron chi connectivity index (χ3n) is 4.33. The standard InChI is InChI=1S/C18H23N3O2S/c1-4-9-24-17-14(11-19)13-10-18(2,3)23-12-15(13)16(20-17)21-5-7-22-8-6-21/h4H,1,5-10,12H2,2-3H3. The number of hydrogen-bond acceptors (Lipinski definition) is 6. The number of thioether (sulfide) groups is 1. The normalized spacial score (nSPS) is 19.5. The summed E-state index contributed by atoms with van der Waals surface area (Å²) in [6, 6.07) is 2.38. The van der Waals surface area contributed by atoms with Crippen LogP contribution in [0, 0.1) is 11.3 Å². The molecular weight excluding hydrogens is 322 g/mol. The molecule has 0 unspecified atom stereocenters. The van der Waals surface area contributed by atoms with Crippen LogP contribution in [-0.2, 0) is 22.5 Å². The Morgan fingerprint density at radius 3 is 2.79 bits per heavy atom. The molecule has 2 aliphatic rings. The average Bonchev–Trinajstić information content (AvgIpc) is 2.58. The van der Waals surface area contributed by atoms with Crippen molar-refractivity contribution in [1.82, 2.24) is 4.98 Å². The zero-order valence-electron chi connectivity index (χ0n) is 14.3. The first kappa shape index (κ1) is 17.3. The van der Waals surface area contributed by atoms with Crippen LogP contribution in [0.15, 0.2) is 17.7 Å². The van der Waals surface area contributed by atoms with E-state index in [1.54, 1.807) is 11.8 Å². The number of morpholine rings is 1. The maximum atomic E-state index is 9.74. The van der Waals surface area contributed by atoms with Gasteiger partial charge in [-0.2, -0.15) is 5.26 Å². The van der Waals surface area contributed by atoms with E-state index in [2.05, 4.69) is 31.4 Å². The predicted octanol–water partition coefficient (Wildman–Crippen LogP) is 2.92. The van der Waals surface area contributed by atoms with Crippen LogP contribution in [0.25, 0.3) is 0 Å². The zero-order valence-corrected chi connectivity index (χ0v) is 15.1. The van der Waals surface area contributed by atoms with Crippen molar-refractivity contribution in [1.29, 1.82) is 5.26 Å². The molecule has 3 rings (SSSR count). The lowest BCUT2D eigenvalue weighted by atomic mass is 9.89. The fraction of sp³-hybridized carbons (Fsp3) is 0.556. The lowest BCUT2D eigenvalue weighted by Crippen LogP contribution is -2.39. The Balaban J connectivity index is 2.11. The zero-order chi connectivity index (χ0) is 17.2. The summed E-state index contributed by atoms with van der Waals surface area (Å²) in [4.78, 5) is 7.10. The second kappa shape index (κ2) is 7.14. The van der Waals surface area contributed by atoms with Gasteiger partial charge in [-0.1, -0.05) is 6.08 Å². The summed E-state index contributed by atoms with van der Waals surface area (Å²) in [5.41, 5.74) is 2.60. The van der Waals surface area contributed by atoms with Gasteiger partial charge in [-0.3, -0.25) is 0 Å². The van der Waals surface area contributed by atoms with Crippen molar-refractivity contribution in [2.75, 3.05) is 37.0 Å². The van der Waals surface area contributed by atoms with Gasteiger partial charge < -0.3 is 14.4 Å². The monoisotopic (exact) mass is 345 g/mol. The molecule has 6 heteroatoms. The molecule has 0 atom stereocenters. The van der Waals surface area contributed by atoms with Gasteiger partial charge in [0.05, 0.1) is 31.0 Å². The number of ether oxygens (including phenoxy) is 2. The van der Waals surface area contributed by atoms with Gasteiger partial charge in [0.2, 0.25) is 0 Å². The first-order chi connectivity index (χ1) is 11.6. The molecule has 128 valence electrons. The fourth-order valence-corrected chi connectivity index (χ4v) is 3.86. The summed E-state index contributed by atoms with van der Waals surface area (Å²) < 4.78 is 11.5. The number of nitriles is 1. The van der Waals surface area contributed by atoms with Crippen LogP contribution in [-0.4, -0.2) is 42.6 Å². The van der Waals surface area contributed by atoms with Gasteiger partial charge in [-0.15, -0.1) is 18.3 Å². The molecular formula is C18H23N3O2S. The molecule has 1 fully saturated rings. The van der Waals surface area contributed by atoms with Gasteiger partial charge in [0.1, 0.15) is 16.9 Å². The number of aromatic nitrogens is 1. The van der Waals surface area contributed by atoms with Crippen molar-refractivity contribution in [2.24, 2.45) is 0 Å². The van der Waals surface area contributed by atoms with Crippen LogP contribution >= 0.6 is 11.8 Å². The quantitative estimate of drug-likeness (QED) is 0.618. The van der Waals surface area contributed by atoms with Crippen molar-refractivity contribution < 1.29 is 9.47 Å². The maximum absolute atomic E-state index is 9.74. The summed E-state index contributed by atoms with van der Waals surface area (Å²) >= 11 is 1.57. The minimum Gasteiger partial charge on any atom is -0.378 e. The van der Waals surface area contributed by atoms with Crippen molar-refractivity contribution in [2.45, 2.75) is 37.5 Å². The maximum Gasteiger partial charge on any atom is 0.135 e. The molecule has 24 heavy (non-hydrogen) atoms. The average molecular weight is 345 g/mol. The molecule has 3 heterocycles. The SMILES string of the molecule is C=CCSc1nc(N2CCOCC2)c2c(c1C#N)CC(C)(C)OC2. The minimum absolute atomic E-state index is 0.261. The molecule has 0 saturated carbocycles. The van der Waals surface area contributed by atoms with E-state index < -0.39 is 0 Å². The van der Waals surface area contributed by atoms with Crippen LogP contribution in [0.3, 0.4) is 0 Å². The van der Waals surface area contributed by atoms with E-state index in [1.165, 1.54) is 0 Å². The molecule has 0 spiro atoms. The summed E-state index contributed by atoms with van der Waals surface area (Å²) in [6.07, 6.45) is 2.57. The molecule has 0 aliphatic carbocycles. The van der Waals surface area contributed by atoms with Crippen LogP contribution in [0.1, 0.15) is 30.5 Å². The number of nitrogens with zero attached hydrogens (tertiary/aromatic N) is 3. The Kier molecular flexibility index (Phi) is 5.14. The lowest BCUT2D eigenvalue weighted by molar-refractivity contribution is -0.0402. The van der Waals surface area contributed by atoms with E-state index in [1.807, 2.05) is 6.08 Å². The van der Waals surface area contributed by atoms with Crippen molar-refractivity contribution in [3.05, 3.63) is 29.3 Å². The topological polar surface area (TPSA) is 58.4 Å². The Morgan fingerprint density at radius 1 is 1.38 bits per heavy atom. The molecule has 0 N–H and O–H groups in total. The number of anilines is 1. The van der Waals surface area contributed by atoms with Crippen molar-refractivity contribution in [3.63, 3.8) is 0 Å². The minimum atomic E-state index is -0.261. The van der Waals surface area contributed by atoms with E-state index >= 15 is 0 Å². The lowest BCUT2D eigenvalue weighted by Gasteiger charge is -2.36. The smallest absolute Gasteiger partial charge is 0.135 e. The van der Waals surface area contributed by atoms with E-state index in [0.717, 1.165) is 47.2 Å². The molecule has 1 saturated heterocycles. The number of hydrogen-bond donors (Lipinski definition) is 0. The third kappa shape index (κ3) is 3.44. The molecule has 1 aromatic rings. The van der Waals surface area contributed by atoms with Gasteiger partial charge in [-0.25, -0.2) is 4.98 Å². The second-order valence-corrected chi connectivity index (χ2v) is 7.62. The van der Waals surface area contributed by atoms with Crippen molar-refractivity contribution >= 4 is 17.6 Å². The summed E-state index contributed by atoms with van der Waals surface area (Å²) in [5, 5.41) is 10.5. The highest BCUT2D eigenvalue weighted by atomic mass is 32.2. The Hall–Kier alpha value is -1.55. The fourth-order valence-electron chi connectivity index (χ4n) is 3.12. The molecule has 0 aromatic carbocycles. The number of fused-ring (bicyclic) bond motifs is 1. The molecule has 1 aromatic heterocycles.